The molecule has 0 amide bonds. The van der Waals surface area contributed by atoms with Gasteiger partial charge in [0.05, 0.1) is 12.7 Å². The second kappa shape index (κ2) is 6.95. The predicted molar refractivity (Wildman–Crippen MR) is 46.8 cm³/mol. The summed E-state index contributed by atoms with van der Waals surface area (Å²) < 4.78 is 9.52. The van der Waals surface area contributed by atoms with Crippen LogP contribution in [-0.4, -0.2) is 18.9 Å². The summed E-state index contributed by atoms with van der Waals surface area (Å²) in [5.41, 5.74) is 0. The largest absolute Gasteiger partial charge is 0.508 e. The number of rotatable bonds is 5. The van der Waals surface area contributed by atoms with Crippen molar-refractivity contribution >= 4 is 6.16 Å². The van der Waals surface area contributed by atoms with Crippen LogP contribution in [0.4, 0.5) is 4.79 Å². The molecule has 0 N–H and O–H groups in total. The number of ether oxygens (including phenoxy) is 2. The topological polar surface area (TPSA) is 35.5 Å². The first-order valence-corrected chi connectivity index (χ1v) is 4.29. The van der Waals surface area contributed by atoms with E-state index in [2.05, 4.69) is 6.92 Å². The fourth-order valence-electron chi connectivity index (χ4n) is 0.661. The van der Waals surface area contributed by atoms with E-state index < -0.39 is 6.16 Å². The molecule has 0 aromatic carbocycles. The Kier molecular flexibility index (Phi) is 6.53. The van der Waals surface area contributed by atoms with Crippen LogP contribution >= 0.6 is 0 Å². The van der Waals surface area contributed by atoms with Crippen molar-refractivity contribution in [3.63, 3.8) is 0 Å². The van der Waals surface area contributed by atoms with E-state index in [0.717, 1.165) is 19.3 Å². The zero-order valence-electron chi connectivity index (χ0n) is 7.84. The monoisotopic (exact) mass is 173 g/mol. The molecule has 0 spiro atoms. The number of hydrogen-bond acceptors (Lipinski definition) is 3. The molecule has 0 fully saturated rings. The first-order chi connectivity index (χ1) is 5.66. The SMILES string of the molecule is [CH2]CCCCOC(=O)OC(C)C. The maximum Gasteiger partial charge on any atom is 0.508 e. The summed E-state index contributed by atoms with van der Waals surface area (Å²) in [6.45, 7) is 7.69. The summed E-state index contributed by atoms with van der Waals surface area (Å²) in [5.74, 6) is 0. The van der Waals surface area contributed by atoms with Crippen molar-refractivity contribution < 1.29 is 14.3 Å². The van der Waals surface area contributed by atoms with Crippen molar-refractivity contribution in [2.45, 2.75) is 39.2 Å². The molecule has 0 aliphatic rings. The van der Waals surface area contributed by atoms with Crippen molar-refractivity contribution in [2.75, 3.05) is 6.61 Å². The Morgan fingerprint density at radius 3 is 2.58 bits per heavy atom. The normalized spacial score (nSPS) is 10.0. The third kappa shape index (κ3) is 7.38. The van der Waals surface area contributed by atoms with Gasteiger partial charge >= 0.3 is 6.16 Å². The summed E-state index contributed by atoms with van der Waals surface area (Å²) >= 11 is 0. The molecule has 0 aliphatic heterocycles. The molecule has 0 aromatic rings. The average Bonchev–Trinajstić information content (AvgIpc) is 1.97. The van der Waals surface area contributed by atoms with Crippen LogP contribution in [0.15, 0.2) is 0 Å². The van der Waals surface area contributed by atoms with Gasteiger partial charge in [0.1, 0.15) is 0 Å². The van der Waals surface area contributed by atoms with Crippen LogP contribution in [-0.2, 0) is 9.47 Å². The van der Waals surface area contributed by atoms with Gasteiger partial charge in [0.25, 0.3) is 0 Å². The molecule has 0 aliphatic carbocycles. The highest BCUT2D eigenvalue weighted by Crippen LogP contribution is 1.97. The molecular formula is C9H17O3. The first kappa shape index (κ1) is 11.3. The quantitative estimate of drug-likeness (QED) is 0.473. The van der Waals surface area contributed by atoms with Gasteiger partial charge in [-0.25, -0.2) is 4.79 Å². The van der Waals surface area contributed by atoms with E-state index in [9.17, 15) is 4.79 Å². The van der Waals surface area contributed by atoms with Gasteiger partial charge in [0.2, 0.25) is 0 Å². The van der Waals surface area contributed by atoms with Gasteiger partial charge in [-0.1, -0.05) is 19.8 Å². The maximum atomic E-state index is 10.8. The fraction of sp³-hybridized carbons (Fsp3) is 0.778. The Hall–Kier alpha value is -0.730. The van der Waals surface area contributed by atoms with Gasteiger partial charge in [-0.3, -0.25) is 0 Å². The third-order valence-electron chi connectivity index (χ3n) is 1.20. The zero-order valence-corrected chi connectivity index (χ0v) is 7.84. The second-order valence-electron chi connectivity index (χ2n) is 2.83. The lowest BCUT2D eigenvalue weighted by Crippen LogP contribution is -2.13. The number of hydrogen-bond donors (Lipinski definition) is 0. The Morgan fingerprint density at radius 1 is 1.42 bits per heavy atom. The highest BCUT2D eigenvalue weighted by Gasteiger charge is 2.04. The summed E-state index contributed by atoms with van der Waals surface area (Å²) in [4.78, 5) is 10.8. The lowest BCUT2D eigenvalue weighted by molar-refractivity contribution is 0.0338. The highest BCUT2D eigenvalue weighted by atomic mass is 16.7. The van der Waals surface area contributed by atoms with Gasteiger partial charge in [-0.05, 0) is 20.3 Å². The standard InChI is InChI=1S/C9H17O3/c1-4-5-6-7-11-9(10)12-8(2)3/h8H,1,4-7H2,2-3H3. The third-order valence-corrected chi connectivity index (χ3v) is 1.20. The molecule has 0 heterocycles. The highest BCUT2D eigenvalue weighted by molar-refractivity contribution is 5.59. The molecule has 12 heavy (non-hydrogen) atoms. The molecule has 3 heteroatoms. The number of unbranched alkanes of at least 4 members (excludes halogenated alkanes) is 2. The van der Waals surface area contributed by atoms with Crippen LogP contribution in [0.3, 0.4) is 0 Å². The molecular weight excluding hydrogens is 156 g/mol. The summed E-state index contributed by atoms with van der Waals surface area (Å²) in [6.07, 6.45) is 2.04. The van der Waals surface area contributed by atoms with Crippen LogP contribution < -0.4 is 0 Å². The lowest BCUT2D eigenvalue weighted by Gasteiger charge is -2.07. The van der Waals surface area contributed by atoms with Gasteiger partial charge in [0, 0.05) is 0 Å². The molecule has 0 unspecified atom stereocenters. The van der Waals surface area contributed by atoms with E-state index in [1.54, 1.807) is 13.8 Å². The zero-order chi connectivity index (χ0) is 9.40. The first-order valence-electron chi connectivity index (χ1n) is 4.29. The molecule has 3 nitrogen and oxygen atoms in total. The summed E-state index contributed by atoms with van der Waals surface area (Å²) in [7, 11) is 0. The lowest BCUT2D eigenvalue weighted by atomic mass is 10.3. The van der Waals surface area contributed by atoms with Crippen molar-refractivity contribution in [3.05, 3.63) is 6.92 Å². The van der Waals surface area contributed by atoms with E-state index in [0.29, 0.717) is 6.61 Å². The van der Waals surface area contributed by atoms with E-state index >= 15 is 0 Å². The van der Waals surface area contributed by atoms with Gasteiger partial charge in [-0.2, -0.15) is 0 Å². The van der Waals surface area contributed by atoms with Gasteiger partial charge in [-0.15, -0.1) is 0 Å². The van der Waals surface area contributed by atoms with E-state index in [1.807, 2.05) is 0 Å². The summed E-state index contributed by atoms with van der Waals surface area (Å²) in [5, 5.41) is 0. The van der Waals surface area contributed by atoms with Gasteiger partial charge in [0.15, 0.2) is 0 Å². The second-order valence-corrected chi connectivity index (χ2v) is 2.83. The van der Waals surface area contributed by atoms with Crippen LogP contribution in [0.2, 0.25) is 0 Å². The Bertz CT molecular complexity index is 121. The molecule has 0 aromatic heterocycles. The minimum absolute atomic E-state index is 0.106. The molecule has 1 radical (unpaired) electrons. The van der Waals surface area contributed by atoms with Gasteiger partial charge < -0.3 is 9.47 Å². The fourth-order valence-corrected chi connectivity index (χ4v) is 0.661. The number of carbonyl (C=O) groups is 1. The minimum Gasteiger partial charge on any atom is -0.434 e. The Morgan fingerprint density at radius 2 is 2.08 bits per heavy atom. The Labute approximate surface area is 74.0 Å². The molecule has 0 rings (SSSR count). The molecule has 0 atom stereocenters. The molecule has 0 saturated heterocycles. The number of carbonyl (C=O) groups excluding carboxylic acids is 1. The van der Waals surface area contributed by atoms with Crippen molar-refractivity contribution in [3.8, 4) is 0 Å². The molecule has 71 valence electrons. The van der Waals surface area contributed by atoms with Crippen LogP contribution in [0.25, 0.3) is 0 Å². The van der Waals surface area contributed by atoms with E-state index in [1.165, 1.54) is 0 Å². The minimum atomic E-state index is -0.575. The summed E-state index contributed by atoms with van der Waals surface area (Å²) in [6, 6.07) is 0. The average molecular weight is 173 g/mol. The molecule has 0 saturated carbocycles. The van der Waals surface area contributed by atoms with E-state index in [4.69, 9.17) is 9.47 Å². The van der Waals surface area contributed by atoms with Crippen LogP contribution in [0.5, 0.6) is 0 Å². The smallest absolute Gasteiger partial charge is 0.434 e. The molecule has 0 bridgehead atoms. The van der Waals surface area contributed by atoms with Crippen molar-refractivity contribution in [1.82, 2.24) is 0 Å². The van der Waals surface area contributed by atoms with Crippen molar-refractivity contribution in [1.29, 1.82) is 0 Å². The van der Waals surface area contributed by atoms with Crippen LogP contribution in [0.1, 0.15) is 33.1 Å². The van der Waals surface area contributed by atoms with E-state index in [-0.39, 0.29) is 6.10 Å². The van der Waals surface area contributed by atoms with Crippen molar-refractivity contribution in [2.24, 2.45) is 0 Å². The van der Waals surface area contributed by atoms with Crippen LogP contribution in [0, 0.1) is 6.92 Å². The predicted octanol–water partition coefficient (Wildman–Crippen LogP) is 2.55. The Balaban J connectivity index is 3.20. The maximum absolute atomic E-state index is 10.8.